The van der Waals surface area contributed by atoms with Gasteiger partial charge in [0.15, 0.2) is 0 Å². The molecule has 0 aliphatic rings. The summed E-state index contributed by atoms with van der Waals surface area (Å²) in [5, 5.41) is 13.5. The number of rotatable bonds is 4. The standard InChI is InChI=1S/C14H14ClO/c15-14-7-6-12-9-11(3-1-2-8-16)4-5-13(12)10-14/h4-7,9-10H,1-3,8H2. The molecule has 2 aromatic rings. The summed E-state index contributed by atoms with van der Waals surface area (Å²) in [6.45, 7) is 0.0309. The fourth-order valence-electron chi connectivity index (χ4n) is 1.85. The van der Waals surface area contributed by atoms with Gasteiger partial charge in [0, 0.05) is 5.02 Å². The largest absolute Gasteiger partial charge is 0.237 e. The molecule has 0 fully saturated rings. The van der Waals surface area contributed by atoms with Crippen LogP contribution in [0, 0.1) is 0 Å². The van der Waals surface area contributed by atoms with Gasteiger partial charge in [-0.2, -0.15) is 0 Å². The second-order valence-corrected chi connectivity index (χ2v) is 4.42. The molecule has 0 saturated carbocycles. The van der Waals surface area contributed by atoms with Crippen molar-refractivity contribution in [2.24, 2.45) is 0 Å². The minimum absolute atomic E-state index is 0.0309. The Morgan fingerprint density at radius 3 is 2.50 bits per heavy atom. The predicted octanol–water partition coefficient (Wildman–Crippen LogP) is 4.25. The van der Waals surface area contributed by atoms with Crippen molar-refractivity contribution in [2.75, 3.05) is 6.61 Å². The van der Waals surface area contributed by atoms with E-state index in [9.17, 15) is 5.11 Å². The van der Waals surface area contributed by atoms with Crippen LogP contribution in [0.15, 0.2) is 36.4 Å². The molecule has 0 spiro atoms. The molecule has 83 valence electrons. The molecule has 0 aliphatic heterocycles. The van der Waals surface area contributed by atoms with Crippen LogP contribution in [-0.4, -0.2) is 6.61 Å². The van der Waals surface area contributed by atoms with Crippen LogP contribution in [0.3, 0.4) is 0 Å². The first-order valence-corrected chi connectivity index (χ1v) is 5.94. The van der Waals surface area contributed by atoms with Crippen LogP contribution < -0.4 is 0 Å². The van der Waals surface area contributed by atoms with Crippen molar-refractivity contribution in [3.8, 4) is 0 Å². The lowest BCUT2D eigenvalue weighted by Crippen LogP contribution is -1.88. The number of aryl methyl sites for hydroxylation is 1. The van der Waals surface area contributed by atoms with Crippen molar-refractivity contribution in [1.82, 2.24) is 0 Å². The Balaban J connectivity index is 2.20. The van der Waals surface area contributed by atoms with Crippen LogP contribution in [0.25, 0.3) is 10.8 Å². The van der Waals surface area contributed by atoms with Crippen molar-refractivity contribution >= 4 is 22.4 Å². The summed E-state index contributed by atoms with van der Waals surface area (Å²) in [5.74, 6) is 0. The lowest BCUT2D eigenvalue weighted by molar-refractivity contribution is 0.187. The Labute approximate surface area is 101 Å². The average Bonchev–Trinajstić information content (AvgIpc) is 2.29. The van der Waals surface area contributed by atoms with Crippen molar-refractivity contribution in [1.29, 1.82) is 0 Å². The monoisotopic (exact) mass is 233 g/mol. The highest BCUT2D eigenvalue weighted by molar-refractivity contribution is 6.31. The van der Waals surface area contributed by atoms with Gasteiger partial charge >= 0.3 is 0 Å². The molecule has 2 heteroatoms. The molecule has 16 heavy (non-hydrogen) atoms. The number of fused-ring (bicyclic) bond motifs is 1. The van der Waals surface area contributed by atoms with Crippen molar-refractivity contribution in [2.45, 2.75) is 19.3 Å². The van der Waals surface area contributed by atoms with Gasteiger partial charge in [0.05, 0.1) is 6.61 Å². The molecule has 0 heterocycles. The summed E-state index contributed by atoms with van der Waals surface area (Å²) < 4.78 is 0. The summed E-state index contributed by atoms with van der Waals surface area (Å²) in [5.41, 5.74) is 1.29. The first kappa shape index (κ1) is 11.4. The SMILES string of the molecule is [O]CCCCc1ccc2cc(Cl)ccc2c1. The van der Waals surface area contributed by atoms with E-state index in [1.807, 2.05) is 18.2 Å². The molecule has 2 rings (SSSR count). The zero-order valence-corrected chi connectivity index (χ0v) is 9.83. The van der Waals surface area contributed by atoms with E-state index in [0.29, 0.717) is 0 Å². The predicted molar refractivity (Wildman–Crippen MR) is 67.4 cm³/mol. The zero-order valence-electron chi connectivity index (χ0n) is 9.08. The van der Waals surface area contributed by atoms with Gasteiger partial charge in [-0.3, -0.25) is 0 Å². The first-order chi connectivity index (χ1) is 7.79. The number of benzene rings is 2. The van der Waals surface area contributed by atoms with Gasteiger partial charge in [0.25, 0.3) is 0 Å². The van der Waals surface area contributed by atoms with Crippen molar-refractivity contribution in [3.63, 3.8) is 0 Å². The highest BCUT2D eigenvalue weighted by Crippen LogP contribution is 2.21. The first-order valence-electron chi connectivity index (χ1n) is 5.56. The van der Waals surface area contributed by atoms with Crippen LogP contribution >= 0.6 is 11.6 Å². The van der Waals surface area contributed by atoms with Crippen molar-refractivity contribution in [3.05, 3.63) is 47.0 Å². The fourth-order valence-corrected chi connectivity index (χ4v) is 2.03. The van der Waals surface area contributed by atoms with Crippen LogP contribution in [0.2, 0.25) is 5.02 Å². The van der Waals surface area contributed by atoms with Gasteiger partial charge in [-0.05, 0) is 47.7 Å². The smallest absolute Gasteiger partial charge is 0.0822 e. The highest BCUT2D eigenvalue weighted by atomic mass is 35.5. The number of hydrogen-bond donors (Lipinski definition) is 0. The molecule has 0 aliphatic carbocycles. The number of halogens is 1. The minimum Gasteiger partial charge on any atom is -0.237 e. The van der Waals surface area contributed by atoms with Crippen molar-refractivity contribution < 1.29 is 5.11 Å². The minimum atomic E-state index is 0.0309. The molecule has 0 saturated heterocycles. The normalized spacial score (nSPS) is 10.9. The topological polar surface area (TPSA) is 19.9 Å². The van der Waals surface area contributed by atoms with Gasteiger partial charge in [-0.1, -0.05) is 35.9 Å². The number of hydrogen-bond acceptors (Lipinski definition) is 0. The number of unbranched alkanes of at least 4 members (excludes halogenated alkanes) is 1. The van der Waals surface area contributed by atoms with Gasteiger partial charge in [0.1, 0.15) is 0 Å². The summed E-state index contributed by atoms with van der Waals surface area (Å²) in [6, 6.07) is 12.3. The van der Waals surface area contributed by atoms with Crippen LogP contribution in [-0.2, 0) is 11.5 Å². The summed E-state index contributed by atoms with van der Waals surface area (Å²) in [7, 11) is 0. The average molecular weight is 234 g/mol. The Morgan fingerprint density at radius 2 is 1.69 bits per heavy atom. The van der Waals surface area contributed by atoms with E-state index in [1.165, 1.54) is 16.3 Å². The van der Waals surface area contributed by atoms with E-state index in [0.717, 1.165) is 24.3 Å². The lowest BCUT2D eigenvalue weighted by atomic mass is 10.0. The molecule has 0 bridgehead atoms. The van der Waals surface area contributed by atoms with E-state index in [4.69, 9.17) is 11.6 Å². The van der Waals surface area contributed by atoms with Crippen LogP contribution in [0.1, 0.15) is 18.4 Å². The van der Waals surface area contributed by atoms with Gasteiger partial charge < -0.3 is 0 Å². The van der Waals surface area contributed by atoms with E-state index in [-0.39, 0.29) is 6.61 Å². The fraction of sp³-hybridized carbons (Fsp3) is 0.286. The highest BCUT2D eigenvalue weighted by Gasteiger charge is 1.98. The molecular weight excluding hydrogens is 220 g/mol. The maximum Gasteiger partial charge on any atom is 0.0822 e. The second-order valence-electron chi connectivity index (χ2n) is 3.99. The zero-order chi connectivity index (χ0) is 11.4. The van der Waals surface area contributed by atoms with E-state index in [2.05, 4.69) is 18.2 Å². The second kappa shape index (κ2) is 5.33. The maximum absolute atomic E-state index is 10.4. The molecule has 1 radical (unpaired) electrons. The quantitative estimate of drug-likeness (QED) is 0.704. The molecule has 0 unspecified atom stereocenters. The third kappa shape index (κ3) is 2.75. The molecular formula is C14H14ClO. The van der Waals surface area contributed by atoms with Gasteiger partial charge in [0.2, 0.25) is 0 Å². The Hall–Kier alpha value is -1.05. The third-order valence-electron chi connectivity index (χ3n) is 2.73. The molecule has 0 amide bonds. The Kier molecular flexibility index (Phi) is 3.81. The molecule has 0 atom stereocenters. The molecule has 1 nitrogen and oxygen atoms in total. The lowest BCUT2D eigenvalue weighted by Gasteiger charge is -2.03. The van der Waals surface area contributed by atoms with Crippen LogP contribution in [0.5, 0.6) is 0 Å². The van der Waals surface area contributed by atoms with Crippen LogP contribution in [0.4, 0.5) is 0 Å². The molecule has 0 N–H and O–H groups in total. The summed E-state index contributed by atoms with van der Waals surface area (Å²) >= 11 is 5.93. The molecule has 0 aromatic heterocycles. The van der Waals surface area contributed by atoms with E-state index >= 15 is 0 Å². The van der Waals surface area contributed by atoms with Gasteiger partial charge in [-0.25, -0.2) is 5.11 Å². The third-order valence-corrected chi connectivity index (χ3v) is 2.96. The Bertz CT molecular complexity index is 479. The van der Waals surface area contributed by atoms with Gasteiger partial charge in [-0.15, -0.1) is 0 Å². The maximum atomic E-state index is 10.4. The Morgan fingerprint density at radius 1 is 0.938 bits per heavy atom. The summed E-state index contributed by atoms with van der Waals surface area (Å²) in [4.78, 5) is 0. The van der Waals surface area contributed by atoms with E-state index < -0.39 is 0 Å². The molecule has 2 aromatic carbocycles. The summed E-state index contributed by atoms with van der Waals surface area (Å²) in [6.07, 6.45) is 2.72. The van der Waals surface area contributed by atoms with E-state index in [1.54, 1.807) is 0 Å².